The molecule has 242 valence electrons. The van der Waals surface area contributed by atoms with E-state index in [9.17, 15) is 14.7 Å². The second kappa shape index (κ2) is 13.4. The smallest absolute Gasteiger partial charge is 0.335 e. The van der Waals surface area contributed by atoms with Crippen LogP contribution in [0.15, 0.2) is 46.1 Å². The van der Waals surface area contributed by atoms with Gasteiger partial charge < -0.3 is 28.8 Å². The van der Waals surface area contributed by atoms with Crippen molar-refractivity contribution < 1.29 is 28.8 Å². The first kappa shape index (κ1) is 33.1. The van der Waals surface area contributed by atoms with E-state index in [0.29, 0.717) is 18.6 Å². The van der Waals surface area contributed by atoms with Crippen molar-refractivity contribution in [3.8, 4) is 5.75 Å². The molecule has 1 aliphatic carbocycles. The number of hydrogen-bond acceptors (Lipinski definition) is 8. The van der Waals surface area contributed by atoms with Gasteiger partial charge in [0.1, 0.15) is 36.9 Å². The van der Waals surface area contributed by atoms with Gasteiger partial charge in [-0.15, -0.1) is 0 Å². The third-order valence-electron chi connectivity index (χ3n) is 8.38. The zero-order valence-electron chi connectivity index (χ0n) is 23.9. The lowest BCUT2D eigenvalue weighted by atomic mass is 9.94. The zero-order chi connectivity index (χ0) is 32.0. The van der Waals surface area contributed by atoms with E-state index in [4.69, 9.17) is 81.7 Å². The minimum atomic E-state index is -1.14. The number of halogens is 5. The van der Waals surface area contributed by atoms with Crippen LogP contribution in [0.2, 0.25) is 25.1 Å². The maximum absolute atomic E-state index is 13.9. The van der Waals surface area contributed by atoms with Gasteiger partial charge in [0.2, 0.25) is 0 Å². The molecule has 6 rings (SSSR count). The van der Waals surface area contributed by atoms with Crippen LogP contribution >= 0.6 is 58.0 Å². The lowest BCUT2D eigenvalue weighted by Gasteiger charge is -2.34. The summed E-state index contributed by atoms with van der Waals surface area (Å²) in [6.07, 6.45) is 1.64. The number of fused-ring (bicyclic) bond motifs is 1. The molecule has 1 saturated carbocycles. The number of aliphatic hydroxyl groups is 1. The molecule has 2 aliphatic heterocycles. The van der Waals surface area contributed by atoms with Crippen LogP contribution in [0.4, 0.5) is 0 Å². The lowest BCUT2D eigenvalue weighted by molar-refractivity contribution is -0.233. The highest BCUT2D eigenvalue weighted by Crippen LogP contribution is 2.48. The highest BCUT2D eigenvalue weighted by molar-refractivity contribution is 6.40. The Hall–Kier alpha value is -1.83. The highest BCUT2D eigenvalue weighted by Gasteiger charge is 2.58. The average Bonchev–Trinajstić information content (AvgIpc) is 3.51. The SMILES string of the molecule is COc1cc(Cl)c([C@H](OCn2c(=O)ccn([C@@H]3O[C@H](CO)[C@H]4OC5(CCCCC5)O[C@H]43)c2=O)c2c(Cl)cc(Cl)cc2Cl)c(Cl)c1. The Bertz CT molecular complexity index is 1660. The molecule has 3 aliphatic rings. The maximum atomic E-state index is 13.9. The Labute approximate surface area is 283 Å². The van der Waals surface area contributed by atoms with Crippen LogP contribution in [0.3, 0.4) is 0 Å². The van der Waals surface area contributed by atoms with Gasteiger partial charge in [-0.2, -0.15) is 0 Å². The first-order valence-electron chi connectivity index (χ1n) is 14.3. The number of methoxy groups -OCH3 is 1. The lowest BCUT2D eigenvalue weighted by Crippen LogP contribution is -2.44. The fourth-order valence-electron chi connectivity index (χ4n) is 6.23. The molecule has 3 fully saturated rings. The summed E-state index contributed by atoms with van der Waals surface area (Å²) in [5.74, 6) is -0.391. The molecule has 10 nitrogen and oxygen atoms in total. The van der Waals surface area contributed by atoms with E-state index >= 15 is 0 Å². The van der Waals surface area contributed by atoms with E-state index < -0.39 is 54.4 Å². The van der Waals surface area contributed by atoms with Crippen LogP contribution < -0.4 is 16.0 Å². The van der Waals surface area contributed by atoms with Gasteiger partial charge in [0.15, 0.2) is 12.0 Å². The molecule has 3 aromatic rings. The van der Waals surface area contributed by atoms with E-state index in [1.54, 1.807) is 0 Å². The number of benzene rings is 2. The molecule has 2 saturated heterocycles. The highest BCUT2D eigenvalue weighted by atomic mass is 35.5. The topological polar surface area (TPSA) is 110 Å². The molecule has 0 bridgehead atoms. The Balaban J connectivity index is 1.36. The Morgan fingerprint density at radius 2 is 1.53 bits per heavy atom. The predicted octanol–water partition coefficient (Wildman–Crippen LogP) is 6.38. The first-order chi connectivity index (χ1) is 21.6. The number of hydrogen-bond donors (Lipinski definition) is 1. The quantitative estimate of drug-likeness (QED) is 0.285. The molecular formula is C30H29Cl5N2O8. The minimum Gasteiger partial charge on any atom is -0.497 e. The van der Waals surface area contributed by atoms with Gasteiger partial charge >= 0.3 is 5.69 Å². The number of rotatable bonds is 8. The second-order valence-corrected chi connectivity index (χ2v) is 13.2. The molecule has 1 N–H and O–H groups in total. The fourth-order valence-corrected chi connectivity index (χ4v) is 7.91. The molecule has 0 radical (unpaired) electrons. The number of nitrogens with zero attached hydrogens (tertiary/aromatic N) is 2. The van der Waals surface area contributed by atoms with Crippen molar-refractivity contribution >= 4 is 58.0 Å². The van der Waals surface area contributed by atoms with Crippen molar-refractivity contribution in [2.24, 2.45) is 0 Å². The average molecular weight is 723 g/mol. The summed E-state index contributed by atoms with van der Waals surface area (Å²) in [6.45, 7) is -0.884. The van der Waals surface area contributed by atoms with Crippen molar-refractivity contribution in [3.05, 3.63) is 93.6 Å². The van der Waals surface area contributed by atoms with Gasteiger partial charge in [0.25, 0.3) is 5.56 Å². The normalized spacial score (nSPS) is 24.6. The molecule has 1 aromatic heterocycles. The number of aromatic nitrogens is 2. The van der Waals surface area contributed by atoms with Crippen molar-refractivity contribution in [2.75, 3.05) is 13.7 Å². The molecule has 15 heteroatoms. The monoisotopic (exact) mass is 720 g/mol. The summed E-state index contributed by atoms with van der Waals surface area (Å²) >= 11 is 32.6. The van der Waals surface area contributed by atoms with Crippen molar-refractivity contribution in [3.63, 3.8) is 0 Å². The first-order valence-corrected chi connectivity index (χ1v) is 16.2. The third-order valence-corrected chi connectivity index (χ3v) is 9.85. The van der Waals surface area contributed by atoms with Crippen LogP contribution in [0, 0.1) is 0 Å². The van der Waals surface area contributed by atoms with Gasteiger partial charge in [-0.1, -0.05) is 64.4 Å². The van der Waals surface area contributed by atoms with Gasteiger partial charge in [0, 0.05) is 51.3 Å². The van der Waals surface area contributed by atoms with E-state index in [1.165, 1.54) is 48.2 Å². The number of ether oxygens (including phenoxy) is 5. The Kier molecular flexibility index (Phi) is 9.82. The van der Waals surface area contributed by atoms with Gasteiger partial charge in [-0.3, -0.25) is 9.36 Å². The van der Waals surface area contributed by atoms with E-state index in [-0.39, 0.29) is 42.8 Å². The summed E-state index contributed by atoms with van der Waals surface area (Å²) in [6, 6.07) is 7.23. The third kappa shape index (κ3) is 6.27. The van der Waals surface area contributed by atoms with Crippen LogP contribution in [0.1, 0.15) is 55.6 Å². The van der Waals surface area contributed by atoms with Gasteiger partial charge in [-0.25, -0.2) is 9.36 Å². The summed E-state index contributed by atoms with van der Waals surface area (Å²) in [5, 5.41) is 11.0. The van der Waals surface area contributed by atoms with E-state index in [0.717, 1.165) is 23.8 Å². The van der Waals surface area contributed by atoms with Crippen molar-refractivity contribution in [1.29, 1.82) is 0 Å². The van der Waals surface area contributed by atoms with Crippen molar-refractivity contribution in [2.45, 2.75) is 75.3 Å². The molecular weight excluding hydrogens is 694 g/mol. The zero-order valence-corrected chi connectivity index (χ0v) is 27.7. The number of aliphatic hydroxyl groups excluding tert-OH is 1. The molecule has 0 unspecified atom stereocenters. The van der Waals surface area contributed by atoms with Crippen LogP contribution in [-0.2, 0) is 25.7 Å². The van der Waals surface area contributed by atoms with Crippen LogP contribution in [0.5, 0.6) is 5.75 Å². The molecule has 0 amide bonds. The van der Waals surface area contributed by atoms with Gasteiger partial charge in [-0.05, 0) is 37.1 Å². The van der Waals surface area contributed by atoms with E-state index in [2.05, 4.69) is 0 Å². The molecule has 3 heterocycles. The van der Waals surface area contributed by atoms with Crippen molar-refractivity contribution in [1.82, 2.24) is 9.13 Å². The van der Waals surface area contributed by atoms with Crippen LogP contribution in [-0.4, -0.2) is 52.1 Å². The summed E-state index contributed by atoms with van der Waals surface area (Å²) in [5.41, 5.74) is -0.840. The maximum Gasteiger partial charge on any atom is 0.335 e. The standard InChI is InChI=1S/C30H29Cl5N2O8/c1-41-16-11-19(34)24(20(35)12-16)26(23-17(32)9-15(31)10-18(23)33)42-14-37-22(39)5-8-36(29(37)40)28-27-25(21(13-38)43-28)44-30(45-27)6-3-2-4-7-30/h5,8-12,21,25-28,38H,2-4,6-7,13-14H2,1H3/t21-,25-,26-,27-,28-/m1/s1. The predicted molar refractivity (Wildman–Crippen MR) is 169 cm³/mol. The molecule has 1 spiro atoms. The van der Waals surface area contributed by atoms with E-state index in [1.807, 2.05) is 0 Å². The molecule has 45 heavy (non-hydrogen) atoms. The largest absolute Gasteiger partial charge is 0.497 e. The summed E-state index contributed by atoms with van der Waals surface area (Å²) in [7, 11) is 1.46. The second-order valence-electron chi connectivity index (χ2n) is 11.1. The fraction of sp³-hybridized carbons (Fsp3) is 0.467. The molecule has 5 atom stereocenters. The Morgan fingerprint density at radius 1 is 0.933 bits per heavy atom. The van der Waals surface area contributed by atoms with Crippen LogP contribution in [0.25, 0.3) is 0 Å². The molecule has 2 aromatic carbocycles. The summed E-state index contributed by atoms with van der Waals surface area (Å²) < 4.78 is 32.4. The Morgan fingerprint density at radius 3 is 2.13 bits per heavy atom. The summed E-state index contributed by atoms with van der Waals surface area (Å²) in [4.78, 5) is 27.0. The minimum absolute atomic E-state index is 0.147. The van der Waals surface area contributed by atoms with Gasteiger partial charge in [0.05, 0.1) is 23.8 Å².